The molecule has 1 unspecified atom stereocenters. The SMILES string of the molecule is CCOc1cccc(NCC2CCSC2)c1. The quantitative estimate of drug-likeness (QED) is 0.849. The van der Waals surface area contributed by atoms with Gasteiger partial charge in [-0.15, -0.1) is 0 Å². The van der Waals surface area contributed by atoms with Crippen LogP contribution in [-0.4, -0.2) is 24.7 Å². The van der Waals surface area contributed by atoms with Crippen molar-refractivity contribution in [2.75, 3.05) is 30.0 Å². The Morgan fingerprint density at radius 1 is 1.50 bits per heavy atom. The summed E-state index contributed by atoms with van der Waals surface area (Å²) in [6, 6.07) is 8.22. The summed E-state index contributed by atoms with van der Waals surface area (Å²) in [5, 5.41) is 3.49. The van der Waals surface area contributed by atoms with Crippen LogP contribution < -0.4 is 10.1 Å². The third kappa shape index (κ3) is 3.34. The van der Waals surface area contributed by atoms with E-state index in [0.29, 0.717) is 0 Å². The van der Waals surface area contributed by atoms with Crippen LogP contribution in [0.1, 0.15) is 13.3 Å². The summed E-state index contributed by atoms with van der Waals surface area (Å²) >= 11 is 2.06. The second-order valence-corrected chi connectivity index (χ2v) is 5.22. The van der Waals surface area contributed by atoms with E-state index in [1.807, 2.05) is 19.1 Å². The van der Waals surface area contributed by atoms with E-state index >= 15 is 0 Å². The maximum Gasteiger partial charge on any atom is 0.121 e. The Balaban J connectivity index is 1.85. The molecule has 1 saturated heterocycles. The van der Waals surface area contributed by atoms with E-state index in [1.54, 1.807) is 0 Å². The van der Waals surface area contributed by atoms with Crippen LogP contribution >= 0.6 is 11.8 Å². The molecule has 0 radical (unpaired) electrons. The van der Waals surface area contributed by atoms with Crippen molar-refractivity contribution >= 4 is 17.4 Å². The number of hydrogen-bond acceptors (Lipinski definition) is 3. The predicted molar refractivity (Wildman–Crippen MR) is 71.5 cm³/mol. The zero-order valence-electron chi connectivity index (χ0n) is 9.74. The molecule has 0 amide bonds. The molecule has 1 aromatic rings. The average molecular weight is 237 g/mol. The van der Waals surface area contributed by atoms with Crippen molar-refractivity contribution in [2.24, 2.45) is 5.92 Å². The Morgan fingerprint density at radius 3 is 3.19 bits per heavy atom. The van der Waals surface area contributed by atoms with E-state index in [2.05, 4.69) is 29.2 Å². The van der Waals surface area contributed by atoms with E-state index in [1.165, 1.54) is 23.6 Å². The van der Waals surface area contributed by atoms with Crippen molar-refractivity contribution in [3.8, 4) is 5.75 Å². The van der Waals surface area contributed by atoms with Crippen molar-refractivity contribution in [3.63, 3.8) is 0 Å². The number of nitrogens with one attached hydrogen (secondary N) is 1. The third-order valence-electron chi connectivity index (χ3n) is 2.76. The van der Waals surface area contributed by atoms with Crippen LogP contribution in [0.5, 0.6) is 5.75 Å². The zero-order chi connectivity index (χ0) is 11.2. The summed E-state index contributed by atoms with van der Waals surface area (Å²) in [4.78, 5) is 0. The van der Waals surface area contributed by atoms with Crippen molar-refractivity contribution in [2.45, 2.75) is 13.3 Å². The summed E-state index contributed by atoms with van der Waals surface area (Å²) in [7, 11) is 0. The highest BCUT2D eigenvalue weighted by molar-refractivity contribution is 7.99. The fourth-order valence-corrected chi connectivity index (χ4v) is 3.15. The van der Waals surface area contributed by atoms with Crippen LogP contribution in [0, 0.1) is 5.92 Å². The molecule has 0 aliphatic carbocycles. The van der Waals surface area contributed by atoms with Crippen molar-refractivity contribution in [1.29, 1.82) is 0 Å². The summed E-state index contributed by atoms with van der Waals surface area (Å²) in [5.41, 5.74) is 1.17. The first-order valence-electron chi connectivity index (χ1n) is 5.93. The highest BCUT2D eigenvalue weighted by atomic mass is 32.2. The number of ether oxygens (including phenoxy) is 1. The lowest BCUT2D eigenvalue weighted by molar-refractivity contribution is 0.340. The van der Waals surface area contributed by atoms with Gasteiger partial charge < -0.3 is 10.1 Å². The number of anilines is 1. The Bertz CT molecular complexity index is 323. The van der Waals surface area contributed by atoms with Crippen molar-refractivity contribution in [3.05, 3.63) is 24.3 Å². The Kier molecular flexibility index (Phi) is 4.40. The van der Waals surface area contributed by atoms with E-state index in [0.717, 1.165) is 24.8 Å². The molecule has 1 fully saturated rings. The monoisotopic (exact) mass is 237 g/mol. The summed E-state index contributed by atoms with van der Waals surface area (Å²) in [6.45, 7) is 3.82. The second-order valence-electron chi connectivity index (χ2n) is 4.07. The normalized spacial score (nSPS) is 19.7. The molecular weight excluding hydrogens is 218 g/mol. The average Bonchev–Trinajstić information content (AvgIpc) is 2.80. The summed E-state index contributed by atoms with van der Waals surface area (Å²) in [6.07, 6.45) is 1.35. The molecule has 0 saturated carbocycles. The fraction of sp³-hybridized carbons (Fsp3) is 0.538. The van der Waals surface area contributed by atoms with E-state index in [9.17, 15) is 0 Å². The van der Waals surface area contributed by atoms with Gasteiger partial charge in [-0.2, -0.15) is 11.8 Å². The van der Waals surface area contributed by atoms with Gasteiger partial charge in [-0.1, -0.05) is 6.07 Å². The van der Waals surface area contributed by atoms with Gasteiger partial charge in [-0.25, -0.2) is 0 Å². The lowest BCUT2D eigenvalue weighted by Crippen LogP contribution is -2.13. The summed E-state index contributed by atoms with van der Waals surface area (Å²) < 4.78 is 5.47. The largest absolute Gasteiger partial charge is 0.494 e. The van der Waals surface area contributed by atoms with Crippen LogP contribution in [0.2, 0.25) is 0 Å². The van der Waals surface area contributed by atoms with Crippen LogP contribution in [0.4, 0.5) is 5.69 Å². The van der Waals surface area contributed by atoms with Crippen molar-refractivity contribution in [1.82, 2.24) is 0 Å². The van der Waals surface area contributed by atoms with Crippen LogP contribution in [-0.2, 0) is 0 Å². The van der Waals surface area contributed by atoms with Gasteiger partial charge in [-0.3, -0.25) is 0 Å². The maximum absolute atomic E-state index is 5.47. The fourth-order valence-electron chi connectivity index (χ4n) is 1.87. The molecule has 1 aliphatic rings. The first-order valence-corrected chi connectivity index (χ1v) is 7.08. The third-order valence-corrected chi connectivity index (χ3v) is 4.00. The number of thioether (sulfide) groups is 1. The molecule has 2 rings (SSSR count). The minimum atomic E-state index is 0.725. The van der Waals surface area contributed by atoms with Crippen LogP contribution in [0.15, 0.2) is 24.3 Å². The molecule has 1 N–H and O–H groups in total. The zero-order valence-corrected chi connectivity index (χ0v) is 10.6. The molecule has 3 heteroatoms. The second kappa shape index (κ2) is 6.04. The number of hydrogen-bond donors (Lipinski definition) is 1. The predicted octanol–water partition coefficient (Wildman–Crippen LogP) is 3.25. The lowest BCUT2D eigenvalue weighted by Gasteiger charge is -2.12. The van der Waals surface area contributed by atoms with Gasteiger partial charge in [0.25, 0.3) is 0 Å². The van der Waals surface area contributed by atoms with Gasteiger partial charge >= 0.3 is 0 Å². The molecule has 0 aromatic heterocycles. The molecule has 1 atom stereocenters. The van der Waals surface area contributed by atoms with Gasteiger partial charge in [0.2, 0.25) is 0 Å². The summed E-state index contributed by atoms with van der Waals surface area (Å²) in [5.74, 6) is 4.41. The van der Waals surface area contributed by atoms with Gasteiger partial charge in [-0.05, 0) is 42.9 Å². The molecule has 1 aromatic carbocycles. The molecule has 88 valence electrons. The molecular formula is C13H19NOS. The molecule has 1 heterocycles. The maximum atomic E-state index is 5.47. The molecule has 0 spiro atoms. The highest BCUT2D eigenvalue weighted by Crippen LogP contribution is 2.24. The smallest absolute Gasteiger partial charge is 0.121 e. The molecule has 16 heavy (non-hydrogen) atoms. The Hall–Kier alpha value is -0.830. The Labute approximate surface area is 102 Å². The van der Waals surface area contributed by atoms with Gasteiger partial charge in [0, 0.05) is 18.3 Å². The Morgan fingerprint density at radius 2 is 2.44 bits per heavy atom. The van der Waals surface area contributed by atoms with Gasteiger partial charge in [0.1, 0.15) is 5.75 Å². The van der Waals surface area contributed by atoms with Gasteiger partial charge in [0.05, 0.1) is 6.61 Å². The number of rotatable bonds is 5. The lowest BCUT2D eigenvalue weighted by atomic mass is 10.1. The first-order chi connectivity index (χ1) is 7.88. The van der Waals surface area contributed by atoms with E-state index < -0.39 is 0 Å². The minimum Gasteiger partial charge on any atom is -0.494 e. The minimum absolute atomic E-state index is 0.725. The van der Waals surface area contributed by atoms with Crippen LogP contribution in [0.25, 0.3) is 0 Å². The highest BCUT2D eigenvalue weighted by Gasteiger charge is 2.14. The standard InChI is InChI=1S/C13H19NOS/c1-2-15-13-5-3-4-12(8-13)14-9-11-6-7-16-10-11/h3-5,8,11,14H,2,6-7,9-10H2,1H3. The van der Waals surface area contributed by atoms with E-state index in [-0.39, 0.29) is 0 Å². The molecule has 2 nitrogen and oxygen atoms in total. The molecule has 0 bridgehead atoms. The van der Waals surface area contributed by atoms with Gasteiger partial charge in [0.15, 0.2) is 0 Å². The topological polar surface area (TPSA) is 21.3 Å². The van der Waals surface area contributed by atoms with E-state index in [4.69, 9.17) is 4.74 Å². The van der Waals surface area contributed by atoms with Crippen LogP contribution in [0.3, 0.4) is 0 Å². The van der Waals surface area contributed by atoms with Crippen molar-refractivity contribution < 1.29 is 4.74 Å². The molecule has 1 aliphatic heterocycles. The first kappa shape index (κ1) is 11.6. The number of benzene rings is 1.